The van der Waals surface area contributed by atoms with Crippen molar-refractivity contribution in [2.45, 2.75) is 0 Å². The van der Waals surface area contributed by atoms with Crippen LogP contribution in [0.4, 0.5) is 5.69 Å². The van der Waals surface area contributed by atoms with Crippen molar-refractivity contribution in [1.82, 2.24) is 9.97 Å². The van der Waals surface area contributed by atoms with Crippen LogP contribution in [0.1, 0.15) is 0 Å². The molecule has 5 nitrogen and oxygen atoms in total. The summed E-state index contributed by atoms with van der Waals surface area (Å²) in [5.41, 5.74) is 2.21. The number of ether oxygens (including phenoxy) is 1. The molecule has 2 aromatic rings. The predicted molar refractivity (Wildman–Crippen MR) is 61.6 cm³/mol. The summed E-state index contributed by atoms with van der Waals surface area (Å²) >= 11 is 5.72. The van der Waals surface area contributed by atoms with Crippen LogP contribution in [0.25, 0.3) is 11.0 Å². The van der Waals surface area contributed by atoms with E-state index in [1.165, 1.54) is 7.11 Å². The van der Waals surface area contributed by atoms with Gasteiger partial charge in [-0.15, -0.1) is 0 Å². The van der Waals surface area contributed by atoms with Gasteiger partial charge in [0.15, 0.2) is 0 Å². The van der Waals surface area contributed by atoms with Crippen molar-refractivity contribution < 1.29 is 9.53 Å². The van der Waals surface area contributed by atoms with Gasteiger partial charge in [0.1, 0.15) is 6.61 Å². The first kappa shape index (κ1) is 10.9. The minimum absolute atomic E-state index is 0.0295. The van der Waals surface area contributed by atoms with Gasteiger partial charge in [-0.25, -0.2) is 4.98 Å². The fourth-order valence-electron chi connectivity index (χ4n) is 1.38. The lowest BCUT2D eigenvalue weighted by Crippen LogP contribution is -2.16. The SMILES string of the molecule is COCC(=O)Nc1ccc2nc(Cl)[nH]c2c1. The summed E-state index contributed by atoms with van der Waals surface area (Å²) < 4.78 is 4.71. The minimum atomic E-state index is -0.201. The van der Waals surface area contributed by atoms with Crippen molar-refractivity contribution in [3.63, 3.8) is 0 Å². The lowest BCUT2D eigenvalue weighted by atomic mass is 10.3. The number of aromatic nitrogens is 2. The molecule has 0 bridgehead atoms. The molecule has 0 spiro atoms. The smallest absolute Gasteiger partial charge is 0.250 e. The molecule has 2 N–H and O–H groups in total. The molecule has 1 amide bonds. The number of anilines is 1. The summed E-state index contributed by atoms with van der Waals surface area (Å²) in [6.45, 7) is 0.0295. The Morgan fingerprint density at radius 1 is 1.62 bits per heavy atom. The number of hydrogen-bond donors (Lipinski definition) is 2. The Hall–Kier alpha value is -1.59. The second kappa shape index (κ2) is 4.51. The molecule has 0 aliphatic heterocycles. The molecule has 1 aromatic carbocycles. The van der Waals surface area contributed by atoms with E-state index in [1.54, 1.807) is 18.2 Å². The summed E-state index contributed by atoms with van der Waals surface area (Å²) in [5.74, 6) is -0.201. The van der Waals surface area contributed by atoms with Crippen molar-refractivity contribution in [2.24, 2.45) is 0 Å². The Morgan fingerprint density at radius 2 is 2.44 bits per heavy atom. The van der Waals surface area contributed by atoms with Gasteiger partial charge in [0, 0.05) is 12.8 Å². The Morgan fingerprint density at radius 3 is 3.19 bits per heavy atom. The second-order valence-corrected chi connectivity index (χ2v) is 3.60. The topological polar surface area (TPSA) is 67.0 Å². The fraction of sp³-hybridized carbons (Fsp3) is 0.200. The molecule has 1 aromatic heterocycles. The number of nitrogens with one attached hydrogen (secondary N) is 2. The van der Waals surface area contributed by atoms with E-state index in [0.717, 1.165) is 11.0 Å². The molecule has 1 heterocycles. The summed E-state index contributed by atoms with van der Waals surface area (Å²) in [6, 6.07) is 5.30. The zero-order valence-electron chi connectivity index (χ0n) is 8.58. The molecule has 0 aliphatic carbocycles. The molecule has 16 heavy (non-hydrogen) atoms. The zero-order chi connectivity index (χ0) is 11.5. The van der Waals surface area contributed by atoms with E-state index in [4.69, 9.17) is 16.3 Å². The van der Waals surface area contributed by atoms with Crippen LogP contribution in [0.2, 0.25) is 5.28 Å². The van der Waals surface area contributed by atoms with E-state index in [-0.39, 0.29) is 12.5 Å². The van der Waals surface area contributed by atoms with Gasteiger partial charge in [0.05, 0.1) is 11.0 Å². The molecule has 0 saturated carbocycles. The van der Waals surface area contributed by atoms with Crippen LogP contribution in [-0.4, -0.2) is 29.6 Å². The van der Waals surface area contributed by atoms with Crippen LogP contribution >= 0.6 is 11.6 Å². The molecule has 0 fully saturated rings. The van der Waals surface area contributed by atoms with Crippen LogP contribution in [0.5, 0.6) is 0 Å². The average Bonchev–Trinajstić information content (AvgIpc) is 2.57. The maximum atomic E-state index is 11.3. The van der Waals surface area contributed by atoms with Gasteiger partial charge in [-0.3, -0.25) is 4.79 Å². The highest BCUT2D eigenvalue weighted by molar-refractivity contribution is 6.29. The van der Waals surface area contributed by atoms with E-state index < -0.39 is 0 Å². The monoisotopic (exact) mass is 239 g/mol. The average molecular weight is 240 g/mol. The number of halogens is 1. The first-order valence-electron chi connectivity index (χ1n) is 4.63. The third kappa shape index (κ3) is 2.32. The summed E-state index contributed by atoms with van der Waals surface area (Å²) in [6.07, 6.45) is 0. The molecule has 0 radical (unpaired) electrons. The highest BCUT2D eigenvalue weighted by Gasteiger charge is 2.04. The Kier molecular flexibility index (Phi) is 3.07. The van der Waals surface area contributed by atoms with Crippen molar-refractivity contribution in [3.05, 3.63) is 23.5 Å². The van der Waals surface area contributed by atoms with Crippen molar-refractivity contribution >= 4 is 34.2 Å². The first-order valence-corrected chi connectivity index (χ1v) is 5.01. The normalized spacial score (nSPS) is 10.6. The molecular formula is C10H10ClN3O2. The van der Waals surface area contributed by atoms with Gasteiger partial charge in [-0.1, -0.05) is 0 Å². The van der Waals surface area contributed by atoms with E-state index in [0.29, 0.717) is 11.0 Å². The van der Waals surface area contributed by atoms with Gasteiger partial charge in [0.25, 0.3) is 0 Å². The van der Waals surface area contributed by atoms with Crippen LogP contribution in [0, 0.1) is 0 Å². The number of carbonyl (C=O) groups excluding carboxylic acids is 1. The van der Waals surface area contributed by atoms with Crippen molar-refractivity contribution in [1.29, 1.82) is 0 Å². The van der Waals surface area contributed by atoms with Crippen LogP contribution in [0.15, 0.2) is 18.2 Å². The Balaban J connectivity index is 2.22. The number of carbonyl (C=O) groups is 1. The minimum Gasteiger partial charge on any atom is -0.375 e. The molecule has 0 saturated heterocycles. The van der Waals surface area contributed by atoms with Crippen LogP contribution in [0.3, 0.4) is 0 Å². The van der Waals surface area contributed by atoms with Crippen molar-refractivity contribution in [2.75, 3.05) is 19.0 Å². The lowest BCUT2D eigenvalue weighted by Gasteiger charge is -2.03. The Bertz CT molecular complexity index is 524. The largest absolute Gasteiger partial charge is 0.375 e. The van der Waals surface area contributed by atoms with Gasteiger partial charge >= 0.3 is 0 Å². The Labute approximate surface area is 96.8 Å². The number of nitrogens with zero attached hydrogens (tertiary/aromatic N) is 1. The van der Waals surface area contributed by atoms with E-state index in [2.05, 4.69) is 15.3 Å². The number of hydrogen-bond acceptors (Lipinski definition) is 3. The number of methoxy groups -OCH3 is 1. The predicted octanol–water partition coefficient (Wildman–Crippen LogP) is 1.80. The molecule has 2 rings (SSSR count). The number of benzene rings is 1. The highest BCUT2D eigenvalue weighted by Crippen LogP contribution is 2.18. The standard InChI is InChI=1S/C10H10ClN3O2/c1-16-5-9(15)12-6-2-3-7-8(4-6)14-10(11)13-7/h2-4H,5H2,1H3,(H,12,15)(H,13,14). The van der Waals surface area contributed by atoms with E-state index in [1.807, 2.05) is 0 Å². The van der Waals surface area contributed by atoms with Crippen molar-refractivity contribution in [3.8, 4) is 0 Å². The number of rotatable bonds is 3. The van der Waals surface area contributed by atoms with E-state index in [9.17, 15) is 4.79 Å². The number of imidazole rings is 1. The van der Waals surface area contributed by atoms with E-state index >= 15 is 0 Å². The molecule has 0 unspecified atom stereocenters. The quantitative estimate of drug-likeness (QED) is 0.858. The maximum absolute atomic E-state index is 11.3. The third-order valence-electron chi connectivity index (χ3n) is 2.01. The van der Waals surface area contributed by atoms with Crippen LogP contribution in [-0.2, 0) is 9.53 Å². The second-order valence-electron chi connectivity index (χ2n) is 3.24. The molecule has 0 aliphatic rings. The molecule has 84 valence electrons. The molecular weight excluding hydrogens is 230 g/mol. The summed E-state index contributed by atoms with van der Waals surface area (Å²) in [7, 11) is 1.47. The molecule has 6 heteroatoms. The number of aromatic amines is 1. The maximum Gasteiger partial charge on any atom is 0.250 e. The van der Waals surface area contributed by atoms with Gasteiger partial charge in [-0.05, 0) is 29.8 Å². The number of fused-ring (bicyclic) bond motifs is 1. The number of amides is 1. The fourth-order valence-corrected chi connectivity index (χ4v) is 1.58. The summed E-state index contributed by atoms with van der Waals surface area (Å²) in [5, 5.41) is 3.02. The number of H-pyrrole nitrogens is 1. The zero-order valence-corrected chi connectivity index (χ0v) is 9.34. The lowest BCUT2D eigenvalue weighted by molar-refractivity contribution is -0.119. The summed E-state index contributed by atoms with van der Waals surface area (Å²) in [4.78, 5) is 18.2. The van der Waals surface area contributed by atoms with Gasteiger partial charge in [0.2, 0.25) is 11.2 Å². The highest BCUT2D eigenvalue weighted by atomic mass is 35.5. The third-order valence-corrected chi connectivity index (χ3v) is 2.19. The first-order chi connectivity index (χ1) is 7.69. The van der Waals surface area contributed by atoms with Crippen LogP contribution < -0.4 is 5.32 Å². The van der Waals surface area contributed by atoms with Gasteiger partial charge < -0.3 is 15.0 Å². The van der Waals surface area contributed by atoms with Gasteiger partial charge in [-0.2, -0.15) is 0 Å². The molecule has 0 atom stereocenters.